The van der Waals surface area contributed by atoms with Crippen molar-refractivity contribution in [1.29, 1.82) is 0 Å². The van der Waals surface area contributed by atoms with Crippen LogP contribution in [0.25, 0.3) is 10.9 Å². The van der Waals surface area contributed by atoms with E-state index in [0.717, 1.165) is 58.1 Å². The van der Waals surface area contributed by atoms with Gasteiger partial charge in [-0.15, -0.1) is 0 Å². The van der Waals surface area contributed by atoms with Gasteiger partial charge in [0.1, 0.15) is 0 Å². The van der Waals surface area contributed by atoms with E-state index in [-0.39, 0.29) is 11.7 Å². The van der Waals surface area contributed by atoms with Crippen molar-refractivity contribution in [3.63, 3.8) is 0 Å². The predicted octanol–water partition coefficient (Wildman–Crippen LogP) is 4.32. The Balaban J connectivity index is 1.19. The smallest absolute Gasteiger partial charge is 0.163 e. The third-order valence-electron chi connectivity index (χ3n) is 7.42. The maximum atomic E-state index is 13.3. The second-order valence-electron chi connectivity index (χ2n) is 10.2. The number of aliphatic hydroxyl groups is 1. The second-order valence-corrected chi connectivity index (χ2v) is 10.2. The maximum Gasteiger partial charge on any atom is 0.163 e. The Labute approximate surface area is 204 Å². The maximum absolute atomic E-state index is 13.3. The lowest BCUT2D eigenvalue weighted by Gasteiger charge is -2.37. The number of benzene rings is 2. The summed E-state index contributed by atoms with van der Waals surface area (Å²) in [6.45, 7) is 1.16. The molecule has 1 aliphatic carbocycles. The number of carbonyl (C=O) groups excluding carboxylic acids is 1. The summed E-state index contributed by atoms with van der Waals surface area (Å²) in [7, 11) is 1.92. The summed E-state index contributed by atoms with van der Waals surface area (Å²) in [6, 6.07) is 12.2. The van der Waals surface area contributed by atoms with Crippen LogP contribution in [0.4, 0.5) is 0 Å². The molecule has 1 aliphatic heterocycles. The number of nitrogens with zero attached hydrogens (tertiary/aromatic N) is 5. The van der Waals surface area contributed by atoms with Gasteiger partial charge in [-0.05, 0) is 48.9 Å². The molecule has 0 saturated heterocycles. The first-order valence-corrected chi connectivity index (χ1v) is 12.3. The molecular weight excluding hydrogens is 438 g/mol. The monoisotopic (exact) mass is 467 g/mol. The van der Waals surface area contributed by atoms with Crippen molar-refractivity contribution in [1.82, 2.24) is 19.3 Å². The Morgan fingerprint density at radius 3 is 3.00 bits per heavy atom. The molecule has 2 aromatic heterocycles. The lowest BCUT2D eigenvalue weighted by Crippen LogP contribution is -2.39. The summed E-state index contributed by atoms with van der Waals surface area (Å²) in [4.78, 5) is 22.2. The van der Waals surface area contributed by atoms with Crippen LogP contribution < -0.4 is 0 Å². The highest BCUT2D eigenvalue weighted by Gasteiger charge is 2.35. The standard InChI is InChI=1S/C28H29N5O2/c1-32-16-23-12-21(6-7-25(23)31-32)27-24-13-20(4-5-22(24)15-30-27)26(34)11-19-3-2-8-28(35,14-19)17-33-10-9-29-18-33/h4-7,9-10,12-13,16,18-19,35H,2-3,8,11,14-15,17H2,1H3/t19-,28+/m0/s1. The highest BCUT2D eigenvalue weighted by atomic mass is 16.3. The molecular formula is C28H29N5O2. The van der Waals surface area contributed by atoms with Crippen molar-refractivity contribution in [2.24, 2.45) is 18.0 Å². The lowest BCUT2D eigenvalue weighted by atomic mass is 9.75. The molecule has 178 valence electrons. The average Bonchev–Trinajstić information content (AvgIpc) is 3.57. The third-order valence-corrected chi connectivity index (χ3v) is 7.42. The van der Waals surface area contributed by atoms with E-state index in [2.05, 4.69) is 22.2 Å². The fourth-order valence-corrected chi connectivity index (χ4v) is 5.78. The highest BCUT2D eigenvalue weighted by Crippen LogP contribution is 2.36. The SMILES string of the molecule is Cn1cc2cc(C3=NCc4ccc(C(=O)C[C@@H]5CCC[C@](O)(Cn6ccnc6)C5)cc43)ccc2n1. The van der Waals surface area contributed by atoms with Gasteiger partial charge in [0, 0.05) is 54.1 Å². The fourth-order valence-electron chi connectivity index (χ4n) is 5.78. The van der Waals surface area contributed by atoms with Crippen molar-refractivity contribution < 1.29 is 9.90 Å². The fraction of sp³-hybridized carbons (Fsp3) is 0.357. The molecule has 1 fully saturated rings. The highest BCUT2D eigenvalue weighted by molar-refractivity contribution is 6.17. The van der Waals surface area contributed by atoms with E-state index in [0.29, 0.717) is 25.9 Å². The quantitative estimate of drug-likeness (QED) is 0.428. The average molecular weight is 468 g/mol. The zero-order valence-corrected chi connectivity index (χ0v) is 19.9. The molecule has 2 aliphatic rings. The molecule has 1 N–H and O–H groups in total. The molecule has 3 heterocycles. The molecule has 1 saturated carbocycles. The number of hydrogen-bond donors (Lipinski definition) is 1. The van der Waals surface area contributed by atoms with Gasteiger partial charge in [0.15, 0.2) is 5.78 Å². The summed E-state index contributed by atoms with van der Waals surface area (Å²) in [6.07, 6.45) is 11.1. The van der Waals surface area contributed by atoms with Gasteiger partial charge < -0.3 is 9.67 Å². The number of imidazole rings is 1. The number of aryl methyl sites for hydroxylation is 1. The normalized spacial score (nSPS) is 21.8. The Hall–Kier alpha value is -3.58. The van der Waals surface area contributed by atoms with Crippen molar-refractivity contribution in [2.45, 2.75) is 50.8 Å². The van der Waals surface area contributed by atoms with E-state index in [1.807, 2.05) is 53.0 Å². The van der Waals surface area contributed by atoms with Crippen LogP contribution in [0.5, 0.6) is 0 Å². The summed E-state index contributed by atoms with van der Waals surface area (Å²) < 4.78 is 3.74. The largest absolute Gasteiger partial charge is 0.388 e. The van der Waals surface area contributed by atoms with E-state index in [4.69, 9.17) is 4.99 Å². The van der Waals surface area contributed by atoms with Crippen molar-refractivity contribution in [2.75, 3.05) is 0 Å². The number of aromatic nitrogens is 4. The van der Waals surface area contributed by atoms with Crippen LogP contribution in [-0.4, -0.2) is 41.5 Å². The first kappa shape index (κ1) is 21.9. The minimum atomic E-state index is -0.785. The van der Waals surface area contributed by atoms with Crippen LogP contribution in [-0.2, 0) is 20.1 Å². The Bertz CT molecular complexity index is 1440. The third kappa shape index (κ3) is 4.32. The van der Waals surface area contributed by atoms with Crippen LogP contribution in [0.1, 0.15) is 59.2 Å². The van der Waals surface area contributed by atoms with Gasteiger partial charge in [0.2, 0.25) is 0 Å². The molecule has 0 unspecified atom stereocenters. The number of Topliss-reactive ketones (excluding diaryl/α,β-unsaturated/α-hetero) is 1. The minimum absolute atomic E-state index is 0.138. The molecule has 0 bridgehead atoms. The molecule has 6 rings (SSSR count). The lowest BCUT2D eigenvalue weighted by molar-refractivity contribution is -0.0302. The van der Waals surface area contributed by atoms with Gasteiger partial charge >= 0.3 is 0 Å². The van der Waals surface area contributed by atoms with Gasteiger partial charge in [-0.25, -0.2) is 4.98 Å². The predicted molar refractivity (Wildman–Crippen MR) is 135 cm³/mol. The van der Waals surface area contributed by atoms with Gasteiger partial charge in [-0.3, -0.25) is 14.5 Å². The molecule has 2 atom stereocenters. The number of aliphatic imine (C=N–C) groups is 1. The molecule has 35 heavy (non-hydrogen) atoms. The first-order chi connectivity index (χ1) is 17.0. The molecule has 0 amide bonds. The van der Waals surface area contributed by atoms with Gasteiger partial charge in [0.05, 0.1) is 36.2 Å². The van der Waals surface area contributed by atoms with Crippen LogP contribution in [0.15, 0.2) is 66.3 Å². The van der Waals surface area contributed by atoms with Crippen LogP contribution >= 0.6 is 0 Å². The van der Waals surface area contributed by atoms with Crippen molar-refractivity contribution in [3.8, 4) is 0 Å². The van der Waals surface area contributed by atoms with E-state index in [1.54, 1.807) is 12.5 Å². The summed E-state index contributed by atoms with van der Waals surface area (Å²) in [5.41, 5.74) is 5.07. The molecule has 0 radical (unpaired) electrons. The molecule has 0 spiro atoms. The van der Waals surface area contributed by atoms with E-state index < -0.39 is 5.60 Å². The number of rotatable bonds is 6. The van der Waals surface area contributed by atoms with Crippen LogP contribution in [0, 0.1) is 5.92 Å². The van der Waals surface area contributed by atoms with Crippen LogP contribution in [0.2, 0.25) is 0 Å². The molecule has 7 nitrogen and oxygen atoms in total. The summed E-state index contributed by atoms with van der Waals surface area (Å²) in [5, 5.41) is 16.7. The summed E-state index contributed by atoms with van der Waals surface area (Å²) >= 11 is 0. The Kier molecular flexibility index (Phi) is 5.37. The van der Waals surface area contributed by atoms with Crippen molar-refractivity contribution >= 4 is 22.4 Å². The second kappa shape index (κ2) is 8.57. The van der Waals surface area contributed by atoms with E-state index in [9.17, 15) is 9.90 Å². The molecule has 2 aromatic carbocycles. The topological polar surface area (TPSA) is 85.3 Å². The summed E-state index contributed by atoms with van der Waals surface area (Å²) in [5.74, 6) is 0.317. The van der Waals surface area contributed by atoms with E-state index in [1.165, 1.54) is 0 Å². The number of carbonyl (C=O) groups is 1. The number of hydrogen-bond acceptors (Lipinski definition) is 5. The van der Waals surface area contributed by atoms with Crippen LogP contribution in [0.3, 0.4) is 0 Å². The first-order valence-electron chi connectivity index (χ1n) is 12.3. The minimum Gasteiger partial charge on any atom is -0.388 e. The number of fused-ring (bicyclic) bond motifs is 2. The Morgan fingerprint density at radius 1 is 1.23 bits per heavy atom. The molecule has 7 heteroatoms. The van der Waals surface area contributed by atoms with Gasteiger partial charge in [-0.1, -0.05) is 24.6 Å². The zero-order chi connectivity index (χ0) is 24.0. The van der Waals surface area contributed by atoms with Gasteiger partial charge in [-0.2, -0.15) is 5.10 Å². The van der Waals surface area contributed by atoms with Gasteiger partial charge in [0.25, 0.3) is 0 Å². The van der Waals surface area contributed by atoms with Crippen molar-refractivity contribution in [3.05, 3.63) is 83.6 Å². The molecule has 4 aromatic rings. The number of ketones is 1. The van der Waals surface area contributed by atoms with E-state index >= 15 is 0 Å². The Morgan fingerprint density at radius 2 is 2.14 bits per heavy atom. The zero-order valence-electron chi connectivity index (χ0n) is 19.9.